The molecule has 0 amide bonds. The minimum absolute atomic E-state index is 0.471. The van der Waals surface area contributed by atoms with Crippen LogP contribution in [-0.4, -0.2) is 11.6 Å². The molecule has 2 nitrogen and oxygen atoms in total. The maximum absolute atomic E-state index is 6.27. The van der Waals surface area contributed by atoms with Gasteiger partial charge in [0.25, 0.3) is 0 Å². The summed E-state index contributed by atoms with van der Waals surface area (Å²) < 4.78 is 2.23. The number of halogens is 2. The molecule has 0 saturated heterocycles. The number of fused-ring (bicyclic) bond motifs is 1. The van der Waals surface area contributed by atoms with Crippen LogP contribution >= 0.6 is 23.2 Å². The van der Waals surface area contributed by atoms with E-state index in [2.05, 4.69) is 22.3 Å². The van der Waals surface area contributed by atoms with Crippen molar-refractivity contribution >= 4 is 23.2 Å². The lowest BCUT2D eigenvalue weighted by Crippen LogP contribution is -2.15. The lowest BCUT2D eigenvalue weighted by molar-refractivity contribution is 0.531. The summed E-state index contributed by atoms with van der Waals surface area (Å²) in [5.41, 5.74) is 3.97. The van der Waals surface area contributed by atoms with Crippen LogP contribution in [0.15, 0.2) is 30.6 Å². The zero-order valence-corrected chi connectivity index (χ0v) is 13.7. The summed E-state index contributed by atoms with van der Waals surface area (Å²) in [5.74, 6) is 0. The van der Waals surface area contributed by atoms with Crippen molar-refractivity contribution in [2.45, 2.75) is 38.3 Å². The van der Waals surface area contributed by atoms with Gasteiger partial charge in [0, 0.05) is 35.0 Å². The highest BCUT2D eigenvalue weighted by atomic mass is 35.5. The van der Waals surface area contributed by atoms with E-state index in [4.69, 9.17) is 23.2 Å². The molecule has 1 unspecified atom stereocenters. The highest BCUT2D eigenvalue weighted by Crippen LogP contribution is 2.30. The van der Waals surface area contributed by atoms with Crippen molar-refractivity contribution in [2.75, 3.05) is 7.05 Å². The van der Waals surface area contributed by atoms with Gasteiger partial charge in [0.1, 0.15) is 0 Å². The van der Waals surface area contributed by atoms with Crippen molar-refractivity contribution < 1.29 is 0 Å². The number of aromatic nitrogens is 1. The molecule has 0 radical (unpaired) electrons. The van der Waals surface area contributed by atoms with Crippen molar-refractivity contribution in [3.63, 3.8) is 0 Å². The van der Waals surface area contributed by atoms with Crippen molar-refractivity contribution in [3.05, 3.63) is 57.3 Å². The Hall–Kier alpha value is -0.960. The second-order valence-electron chi connectivity index (χ2n) is 5.73. The molecule has 0 saturated carbocycles. The van der Waals surface area contributed by atoms with Gasteiger partial charge in [0.15, 0.2) is 0 Å². The third-order valence-electron chi connectivity index (χ3n) is 4.27. The summed E-state index contributed by atoms with van der Waals surface area (Å²) in [6.07, 6.45) is 9.48. The van der Waals surface area contributed by atoms with Crippen LogP contribution in [-0.2, 0) is 13.0 Å². The van der Waals surface area contributed by atoms with Gasteiger partial charge < -0.3 is 9.88 Å². The van der Waals surface area contributed by atoms with E-state index >= 15 is 0 Å². The van der Waals surface area contributed by atoms with E-state index in [1.807, 2.05) is 25.2 Å². The van der Waals surface area contributed by atoms with Gasteiger partial charge in [-0.15, -0.1) is 0 Å². The highest BCUT2D eigenvalue weighted by Gasteiger charge is 2.19. The number of benzene rings is 1. The van der Waals surface area contributed by atoms with Crippen LogP contribution in [0.25, 0.3) is 0 Å². The summed E-state index contributed by atoms with van der Waals surface area (Å²) in [5, 5.41) is 4.94. The molecule has 1 aliphatic rings. The van der Waals surface area contributed by atoms with E-state index < -0.39 is 0 Å². The maximum Gasteiger partial charge on any atom is 0.0485 e. The Balaban J connectivity index is 1.89. The van der Waals surface area contributed by atoms with Crippen LogP contribution in [0.1, 0.15) is 42.0 Å². The molecule has 1 aliphatic carbocycles. The van der Waals surface area contributed by atoms with E-state index in [-0.39, 0.29) is 0 Å². The van der Waals surface area contributed by atoms with E-state index in [9.17, 15) is 0 Å². The number of nitrogens with one attached hydrogen (secondary N) is 1. The molecule has 3 rings (SSSR count). The average Bonchev–Trinajstić information content (AvgIpc) is 2.76. The van der Waals surface area contributed by atoms with Crippen molar-refractivity contribution in [3.8, 4) is 0 Å². The predicted molar refractivity (Wildman–Crippen MR) is 89.4 cm³/mol. The lowest BCUT2D eigenvalue weighted by atomic mass is 10.1. The standard InChI is InChI=1S/C17H20Cl2N2/c1-20-17-5-3-2-4-12-9-21(11-15(12)17)10-13-8-14(18)6-7-16(13)19/h6-9,11,17,20H,2-5,10H2,1H3. The van der Waals surface area contributed by atoms with Crippen molar-refractivity contribution in [2.24, 2.45) is 0 Å². The molecule has 0 aliphatic heterocycles. The quantitative estimate of drug-likeness (QED) is 0.801. The van der Waals surface area contributed by atoms with E-state index in [1.165, 1.54) is 36.8 Å². The topological polar surface area (TPSA) is 17.0 Å². The molecule has 1 aromatic carbocycles. The van der Waals surface area contributed by atoms with Gasteiger partial charge >= 0.3 is 0 Å². The number of hydrogen-bond acceptors (Lipinski definition) is 1. The fourth-order valence-corrected chi connectivity index (χ4v) is 3.54. The molecule has 1 N–H and O–H groups in total. The molecule has 0 bridgehead atoms. The number of aryl methyl sites for hydroxylation is 1. The number of rotatable bonds is 3. The second kappa shape index (κ2) is 6.43. The Labute approximate surface area is 136 Å². The third kappa shape index (κ3) is 3.28. The SMILES string of the molecule is CNC1CCCCc2cn(Cc3cc(Cl)ccc3Cl)cc21. The van der Waals surface area contributed by atoms with E-state index in [0.717, 1.165) is 22.2 Å². The van der Waals surface area contributed by atoms with Gasteiger partial charge in [0.2, 0.25) is 0 Å². The van der Waals surface area contributed by atoms with E-state index in [0.29, 0.717) is 6.04 Å². The molecule has 0 fully saturated rings. The molecule has 0 spiro atoms. The zero-order chi connectivity index (χ0) is 14.8. The first-order valence-electron chi connectivity index (χ1n) is 7.47. The normalized spacial score (nSPS) is 18.3. The fraction of sp³-hybridized carbons (Fsp3) is 0.412. The predicted octanol–water partition coefficient (Wildman–Crippen LogP) is 4.83. The lowest BCUT2D eigenvalue weighted by Gasteiger charge is -2.13. The Kier molecular flexibility index (Phi) is 4.58. The summed E-state index contributed by atoms with van der Waals surface area (Å²) in [6.45, 7) is 0.767. The smallest absolute Gasteiger partial charge is 0.0485 e. The fourth-order valence-electron chi connectivity index (χ4n) is 3.17. The van der Waals surface area contributed by atoms with Crippen LogP contribution in [0.5, 0.6) is 0 Å². The largest absolute Gasteiger partial charge is 0.349 e. The Morgan fingerprint density at radius 2 is 2.10 bits per heavy atom. The molecule has 2 aromatic rings. The van der Waals surface area contributed by atoms with Gasteiger partial charge in [0.05, 0.1) is 0 Å². The van der Waals surface area contributed by atoms with Gasteiger partial charge in [-0.2, -0.15) is 0 Å². The monoisotopic (exact) mass is 322 g/mol. The van der Waals surface area contributed by atoms with Gasteiger partial charge in [-0.3, -0.25) is 0 Å². The molecule has 1 atom stereocenters. The molecular weight excluding hydrogens is 303 g/mol. The van der Waals surface area contributed by atoms with Gasteiger partial charge in [-0.1, -0.05) is 29.6 Å². The van der Waals surface area contributed by atoms with Crippen LogP contribution in [0.2, 0.25) is 10.0 Å². The van der Waals surface area contributed by atoms with Gasteiger partial charge in [-0.25, -0.2) is 0 Å². The summed E-state index contributed by atoms with van der Waals surface area (Å²) in [6, 6.07) is 6.11. The number of nitrogens with zero attached hydrogens (tertiary/aromatic N) is 1. The van der Waals surface area contributed by atoms with Crippen LogP contribution in [0, 0.1) is 0 Å². The molecular formula is C17H20Cl2N2. The summed E-state index contributed by atoms with van der Waals surface area (Å²) >= 11 is 12.3. The summed E-state index contributed by atoms with van der Waals surface area (Å²) in [7, 11) is 2.05. The third-order valence-corrected chi connectivity index (χ3v) is 4.87. The second-order valence-corrected chi connectivity index (χ2v) is 6.58. The minimum atomic E-state index is 0.471. The number of hydrogen-bond donors (Lipinski definition) is 1. The molecule has 1 aromatic heterocycles. The summed E-state index contributed by atoms with van der Waals surface area (Å²) in [4.78, 5) is 0. The Morgan fingerprint density at radius 1 is 1.24 bits per heavy atom. The molecule has 21 heavy (non-hydrogen) atoms. The van der Waals surface area contributed by atoms with Gasteiger partial charge in [-0.05, 0) is 61.2 Å². The highest BCUT2D eigenvalue weighted by molar-refractivity contribution is 6.33. The molecule has 1 heterocycles. The van der Waals surface area contributed by atoms with Crippen LogP contribution < -0.4 is 5.32 Å². The first-order valence-corrected chi connectivity index (χ1v) is 8.22. The van der Waals surface area contributed by atoms with Crippen molar-refractivity contribution in [1.82, 2.24) is 9.88 Å². The first kappa shape index (κ1) is 15.0. The van der Waals surface area contributed by atoms with Crippen LogP contribution in [0.3, 0.4) is 0 Å². The average molecular weight is 323 g/mol. The van der Waals surface area contributed by atoms with Crippen LogP contribution in [0.4, 0.5) is 0 Å². The molecule has 112 valence electrons. The molecule has 4 heteroatoms. The first-order chi connectivity index (χ1) is 10.2. The minimum Gasteiger partial charge on any atom is -0.349 e. The Morgan fingerprint density at radius 3 is 2.90 bits per heavy atom. The zero-order valence-electron chi connectivity index (χ0n) is 12.2. The van der Waals surface area contributed by atoms with E-state index in [1.54, 1.807) is 0 Å². The Bertz CT molecular complexity index is 634. The van der Waals surface area contributed by atoms with Crippen molar-refractivity contribution in [1.29, 1.82) is 0 Å². The maximum atomic E-state index is 6.27.